The van der Waals surface area contributed by atoms with Crippen LogP contribution in [0.2, 0.25) is 0 Å². The smallest absolute Gasteiger partial charge is 0.323 e. The molecule has 114 valence electrons. The average Bonchev–Trinajstić information content (AvgIpc) is 2.37. The van der Waals surface area contributed by atoms with Gasteiger partial charge in [-0.25, -0.2) is 4.79 Å². The third-order valence-corrected chi connectivity index (χ3v) is 3.14. The molecule has 0 radical (unpaired) electrons. The van der Waals surface area contributed by atoms with E-state index in [1.54, 1.807) is 7.05 Å². The molecule has 1 fully saturated rings. The van der Waals surface area contributed by atoms with Crippen LogP contribution in [0.4, 0.5) is 4.79 Å². The van der Waals surface area contributed by atoms with Crippen LogP contribution in [0.1, 0.15) is 12.8 Å². The van der Waals surface area contributed by atoms with Gasteiger partial charge in [-0.15, -0.1) is 0 Å². The number of primary amides is 1. The minimum Gasteiger partial charge on any atom is -0.480 e. The van der Waals surface area contributed by atoms with E-state index in [0.29, 0.717) is 25.7 Å². The predicted octanol–water partition coefficient (Wildman–Crippen LogP) is -0.663. The van der Waals surface area contributed by atoms with Gasteiger partial charge in [0.1, 0.15) is 13.1 Å². The lowest BCUT2D eigenvalue weighted by atomic mass is 10.00. The number of carboxylic acids is 1. The lowest BCUT2D eigenvalue weighted by Crippen LogP contribution is -2.48. The standard InChI is InChI=1S/C12H21N3O5/c1-14(6-9-2-4-20-5-3-9)12(19)15(7-10(13)16)8-11(17)18/h9H,2-8H2,1H3,(H2,13,16)(H,17,18). The molecule has 0 aromatic heterocycles. The van der Waals surface area contributed by atoms with Crippen molar-refractivity contribution in [3.05, 3.63) is 0 Å². The van der Waals surface area contributed by atoms with E-state index in [1.807, 2.05) is 0 Å². The molecule has 0 aromatic carbocycles. The Balaban J connectivity index is 2.56. The number of nitrogens with zero attached hydrogens (tertiary/aromatic N) is 2. The summed E-state index contributed by atoms with van der Waals surface area (Å²) in [5.41, 5.74) is 5.03. The number of nitrogens with two attached hydrogens (primary N) is 1. The summed E-state index contributed by atoms with van der Waals surface area (Å²) in [6.07, 6.45) is 1.73. The zero-order valence-electron chi connectivity index (χ0n) is 11.6. The molecule has 0 unspecified atom stereocenters. The largest absolute Gasteiger partial charge is 0.480 e. The van der Waals surface area contributed by atoms with Gasteiger partial charge in [-0.05, 0) is 18.8 Å². The van der Waals surface area contributed by atoms with Gasteiger partial charge in [-0.2, -0.15) is 0 Å². The Morgan fingerprint density at radius 1 is 1.25 bits per heavy atom. The fourth-order valence-corrected chi connectivity index (χ4v) is 2.18. The molecular weight excluding hydrogens is 266 g/mol. The minimum absolute atomic E-state index is 0.331. The zero-order valence-corrected chi connectivity index (χ0v) is 11.6. The van der Waals surface area contributed by atoms with E-state index < -0.39 is 31.0 Å². The van der Waals surface area contributed by atoms with Crippen LogP contribution < -0.4 is 5.73 Å². The van der Waals surface area contributed by atoms with Crippen LogP contribution in [-0.2, 0) is 14.3 Å². The van der Waals surface area contributed by atoms with Crippen molar-refractivity contribution in [1.29, 1.82) is 0 Å². The van der Waals surface area contributed by atoms with Crippen LogP contribution in [0, 0.1) is 5.92 Å². The molecule has 1 aliphatic rings. The normalized spacial score (nSPS) is 15.7. The number of ether oxygens (including phenoxy) is 1. The van der Waals surface area contributed by atoms with Crippen LogP contribution in [0.3, 0.4) is 0 Å². The number of rotatable bonds is 6. The summed E-state index contributed by atoms with van der Waals surface area (Å²) >= 11 is 0. The summed E-state index contributed by atoms with van der Waals surface area (Å²) in [4.78, 5) is 36.1. The highest BCUT2D eigenvalue weighted by atomic mass is 16.5. The average molecular weight is 287 g/mol. The summed E-state index contributed by atoms with van der Waals surface area (Å²) in [5.74, 6) is -1.59. The van der Waals surface area contributed by atoms with E-state index in [0.717, 1.165) is 17.7 Å². The molecule has 0 atom stereocenters. The van der Waals surface area contributed by atoms with E-state index in [1.165, 1.54) is 4.90 Å². The minimum atomic E-state index is -1.18. The molecule has 1 aliphatic heterocycles. The lowest BCUT2D eigenvalue weighted by molar-refractivity contribution is -0.138. The Morgan fingerprint density at radius 3 is 2.35 bits per heavy atom. The van der Waals surface area contributed by atoms with E-state index in [-0.39, 0.29) is 0 Å². The number of amides is 3. The molecule has 0 aliphatic carbocycles. The first-order chi connectivity index (χ1) is 9.40. The first kappa shape index (κ1) is 16.2. The summed E-state index contributed by atoms with van der Waals surface area (Å²) in [5, 5.41) is 8.77. The first-order valence-corrected chi connectivity index (χ1v) is 6.48. The van der Waals surface area contributed by atoms with Gasteiger partial charge in [-0.1, -0.05) is 0 Å². The molecule has 0 bridgehead atoms. The molecular formula is C12H21N3O5. The second kappa shape index (κ2) is 7.68. The van der Waals surface area contributed by atoms with Gasteiger partial charge in [0, 0.05) is 26.8 Å². The number of carboxylic acid groups (broad SMARTS) is 1. The molecule has 3 amide bonds. The van der Waals surface area contributed by atoms with Gasteiger partial charge >= 0.3 is 12.0 Å². The SMILES string of the molecule is CN(CC1CCOCC1)C(=O)N(CC(N)=O)CC(=O)O. The van der Waals surface area contributed by atoms with Crippen molar-refractivity contribution in [2.24, 2.45) is 11.7 Å². The quantitative estimate of drug-likeness (QED) is 0.673. The summed E-state index contributed by atoms with van der Waals surface area (Å²) in [7, 11) is 1.59. The highest BCUT2D eigenvalue weighted by molar-refractivity contribution is 5.85. The number of urea groups is 1. The van der Waals surface area contributed by atoms with Crippen LogP contribution in [0.15, 0.2) is 0 Å². The molecule has 0 saturated carbocycles. The van der Waals surface area contributed by atoms with E-state index in [9.17, 15) is 14.4 Å². The first-order valence-electron chi connectivity index (χ1n) is 6.48. The maximum atomic E-state index is 12.1. The van der Waals surface area contributed by atoms with Crippen LogP contribution >= 0.6 is 0 Å². The molecule has 1 saturated heterocycles. The molecule has 8 heteroatoms. The van der Waals surface area contributed by atoms with Crippen molar-refractivity contribution in [2.75, 3.05) is 39.9 Å². The molecule has 0 aromatic rings. The van der Waals surface area contributed by atoms with Crippen molar-refractivity contribution < 1.29 is 24.2 Å². The number of carbonyl (C=O) groups is 3. The molecule has 1 rings (SSSR count). The Hall–Kier alpha value is -1.83. The summed E-state index contributed by atoms with van der Waals surface area (Å²) in [6.45, 7) is 0.917. The molecule has 3 N–H and O–H groups in total. The number of hydrogen-bond donors (Lipinski definition) is 2. The highest BCUT2D eigenvalue weighted by Gasteiger charge is 2.24. The van der Waals surface area contributed by atoms with Crippen molar-refractivity contribution in [2.45, 2.75) is 12.8 Å². The van der Waals surface area contributed by atoms with Gasteiger partial charge in [0.2, 0.25) is 5.91 Å². The Labute approximate surface area is 117 Å². The Bertz CT molecular complexity index is 352. The lowest BCUT2D eigenvalue weighted by Gasteiger charge is -2.30. The van der Waals surface area contributed by atoms with Crippen LogP contribution in [0.5, 0.6) is 0 Å². The molecule has 8 nitrogen and oxygen atoms in total. The fraction of sp³-hybridized carbons (Fsp3) is 0.750. The molecule has 20 heavy (non-hydrogen) atoms. The molecule has 0 spiro atoms. The zero-order chi connectivity index (χ0) is 15.1. The topological polar surface area (TPSA) is 113 Å². The van der Waals surface area contributed by atoms with Gasteiger partial charge in [0.15, 0.2) is 0 Å². The van der Waals surface area contributed by atoms with Crippen LogP contribution in [-0.4, -0.2) is 72.7 Å². The maximum Gasteiger partial charge on any atom is 0.323 e. The third-order valence-electron chi connectivity index (χ3n) is 3.14. The monoisotopic (exact) mass is 287 g/mol. The Morgan fingerprint density at radius 2 is 1.85 bits per heavy atom. The van der Waals surface area contributed by atoms with Crippen LogP contribution in [0.25, 0.3) is 0 Å². The van der Waals surface area contributed by atoms with E-state index >= 15 is 0 Å². The number of carbonyl (C=O) groups excluding carboxylic acids is 2. The summed E-state index contributed by atoms with van der Waals surface area (Å²) in [6, 6.07) is -0.502. The summed E-state index contributed by atoms with van der Waals surface area (Å²) < 4.78 is 5.24. The number of aliphatic carboxylic acids is 1. The van der Waals surface area contributed by atoms with Gasteiger partial charge in [0.05, 0.1) is 0 Å². The second-order valence-corrected chi connectivity index (χ2v) is 4.93. The number of hydrogen-bond acceptors (Lipinski definition) is 4. The van der Waals surface area contributed by atoms with Gasteiger partial charge in [-0.3, -0.25) is 9.59 Å². The Kier molecular flexibility index (Phi) is 6.23. The van der Waals surface area contributed by atoms with Crippen molar-refractivity contribution in [1.82, 2.24) is 9.80 Å². The second-order valence-electron chi connectivity index (χ2n) is 4.93. The van der Waals surface area contributed by atoms with Crippen molar-refractivity contribution in [3.63, 3.8) is 0 Å². The highest BCUT2D eigenvalue weighted by Crippen LogP contribution is 2.16. The molecule has 1 heterocycles. The van der Waals surface area contributed by atoms with Crippen molar-refractivity contribution in [3.8, 4) is 0 Å². The predicted molar refractivity (Wildman–Crippen MR) is 70.0 cm³/mol. The van der Waals surface area contributed by atoms with Crippen molar-refractivity contribution >= 4 is 17.9 Å². The van der Waals surface area contributed by atoms with Gasteiger partial charge < -0.3 is 25.4 Å². The maximum absolute atomic E-state index is 12.1. The van der Waals surface area contributed by atoms with E-state index in [4.69, 9.17) is 15.6 Å². The third kappa shape index (κ3) is 5.43. The fourth-order valence-electron chi connectivity index (χ4n) is 2.18. The van der Waals surface area contributed by atoms with E-state index in [2.05, 4.69) is 0 Å². The van der Waals surface area contributed by atoms with Gasteiger partial charge in [0.25, 0.3) is 0 Å².